The van der Waals surface area contributed by atoms with Crippen molar-refractivity contribution in [3.05, 3.63) is 52.0 Å². The number of aromatic nitrogens is 1. The predicted octanol–water partition coefficient (Wildman–Crippen LogP) is 3.26. The second kappa shape index (κ2) is 9.14. The van der Waals surface area contributed by atoms with Gasteiger partial charge in [-0.1, -0.05) is 30.3 Å². The lowest BCUT2D eigenvalue weighted by atomic mass is 9.74. The molecule has 1 aliphatic rings. The summed E-state index contributed by atoms with van der Waals surface area (Å²) in [5.74, 6) is 0.849. The quantitative estimate of drug-likeness (QED) is 0.604. The van der Waals surface area contributed by atoms with Gasteiger partial charge in [-0.25, -0.2) is 9.98 Å². The smallest absolute Gasteiger partial charge is 0.191 e. The van der Waals surface area contributed by atoms with Gasteiger partial charge < -0.3 is 15.4 Å². The topological polar surface area (TPSA) is 58.5 Å². The van der Waals surface area contributed by atoms with Crippen molar-refractivity contribution in [2.24, 2.45) is 4.99 Å². The number of nitrogens with one attached hydrogen (secondary N) is 2. The van der Waals surface area contributed by atoms with Crippen molar-refractivity contribution in [3.63, 3.8) is 0 Å². The Morgan fingerprint density at radius 1 is 1.23 bits per heavy atom. The average Bonchev–Trinajstić information content (AvgIpc) is 3.11. The molecule has 1 aromatic carbocycles. The van der Waals surface area contributed by atoms with E-state index in [1.54, 1.807) is 11.3 Å². The van der Waals surface area contributed by atoms with Crippen molar-refractivity contribution in [3.8, 4) is 0 Å². The van der Waals surface area contributed by atoms with Crippen molar-refractivity contribution < 1.29 is 4.74 Å². The van der Waals surface area contributed by atoms with Crippen LogP contribution in [0, 0.1) is 6.92 Å². The largest absolute Gasteiger partial charge is 0.381 e. The molecule has 3 rings (SSSR count). The predicted molar refractivity (Wildman–Crippen MR) is 108 cm³/mol. The van der Waals surface area contributed by atoms with Gasteiger partial charge in [-0.2, -0.15) is 0 Å². The van der Waals surface area contributed by atoms with Crippen LogP contribution in [0.25, 0.3) is 0 Å². The van der Waals surface area contributed by atoms with E-state index in [4.69, 9.17) is 9.73 Å². The highest BCUT2D eigenvalue weighted by Gasteiger charge is 2.34. The third-order valence-corrected chi connectivity index (χ3v) is 5.71. The summed E-state index contributed by atoms with van der Waals surface area (Å²) in [5, 5.41) is 7.96. The molecule has 0 atom stereocenters. The molecule has 5 nitrogen and oxygen atoms in total. The lowest BCUT2D eigenvalue weighted by Gasteiger charge is -2.38. The van der Waals surface area contributed by atoms with Gasteiger partial charge in [0.25, 0.3) is 0 Å². The minimum Gasteiger partial charge on any atom is -0.381 e. The molecule has 0 saturated carbocycles. The van der Waals surface area contributed by atoms with Crippen LogP contribution in [-0.4, -0.2) is 37.2 Å². The summed E-state index contributed by atoms with van der Waals surface area (Å²) in [4.78, 5) is 10.3. The fraction of sp³-hybridized carbons (Fsp3) is 0.500. The fourth-order valence-corrected chi connectivity index (χ4v) is 4.05. The summed E-state index contributed by atoms with van der Waals surface area (Å²) < 4.78 is 5.63. The second-order valence-corrected chi connectivity index (χ2v) is 7.99. The zero-order valence-corrected chi connectivity index (χ0v) is 16.4. The molecule has 0 amide bonds. The van der Waals surface area contributed by atoms with Gasteiger partial charge in [-0.05, 0) is 32.3 Å². The molecule has 1 fully saturated rings. The number of hydrogen-bond donors (Lipinski definition) is 2. The van der Waals surface area contributed by atoms with Gasteiger partial charge in [0, 0.05) is 42.8 Å². The van der Waals surface area contributed by atoms with Gasteiger partial charge in [-0.3, -0.25) is 0 Å². The summed E-state index contributed by atoms with van der Waals surface area (Å²) in [6.07, 6.45) is 3.95. The highest BCUT2D eigenvalue weighted by Crippen LogP contribution is 2.34. The average molecular weight is 373 g/mol. The van der Waals surface area contributed by atoms with Crippen molar-refractivity contribution >= 4 is 17.3 Å². The number of nitrogens with zero attached hydrogens (tertiary/aromatic N) is 2. The van der Waals surface area contributed by atoms with Crippen LogP contribution in [0.3, 0.4) is 0 Å². The second-order valence-electron chi connectivity index (χ2n) is 6.67. The number of thiazole rings is 1. The zero-order chi connectivity index (χ0) is 18.2. The Kier molecular flexibility index (Phi) is 6.63. The molecule has 1 aromatic heterocycles. The summed E-state index contributed by atoms with van der Waals surface area (Å²) in [6, 6.07) is 10.8. The molecular formula is C20H28N4OS. The number of rotatable bonds is 6. The Labute approximate surface area is 159 Å². The molecule has 2 heterocycles. The summed E-state index contributed by atoms with van der Waals surface area (Å²) in [6.45, 7) is 8.07. The molecule has 0 radical (unpaired) electrons. The first-order valence-electron chi connectivity index (χ1n) is 9.29. The standard InChI is InChI=1S/C20H28N4OS/c1-3-21-19(23-14-18-22-13-16(2)26-18)24-15-20(9-11-25-12-10-20)17-7-5-4-6-8-17/h4-8,13H,3,9-12,14-15H2,1-2H3,(H2,21,23,24). The fourth-order valence-electron chi connectivity index (χ4n) is 3.34. The van der Waals surface area contributed by atoms with E-state index in [2.05, 4.69) is 59.8 Å². The number of ether oxygens (including phenoxy) is 1. The number of aliphatic imine (C=N–C) groups is 1. The van der Waals surface area contributed by atoms with Gasteiger partial charge in [-0.15, -0.1) is 11.3 Å². The molecule has 0 unspecified atom stereocenters. The van der Waals surface area contributed by atoms with Crippen LogP contribution in [0.5, 0.6) is 0 Å². The van der Waals surface area contributed by atoms with Crippen molar-refractivity contribution in [1.29, 1.82) is 0 Å². The van der Waals surface area contributed by atoms with Gasteiger partial charge in [0.05, 0.1) is 6.54 Å². The Morgan fingerprint density at radius 3 is 2.65 bits per heavy atom. The first-order valence-corrected chi connectivity index (χ1v) is 10.1. The third-order valence-electron chi connectivity index (χ3n) is 4.82. The van der Waals surface area contributed by atoms with E-state index in [0.717, 1.165) is 50.1 Å². The maximum Gasteiger partial charge on any atom is 0.191 e. The third kappa shape index (κ3) is 4.83. The number of guanidine groups is 1. The minimum absolute atomic E-state index is 0.0907. The molecule has 140 valence electrons. The first kappa shape index (κ1) is 18.9. The van der Waals surface area contributed by atoms with E-state index in [1.165, 1.54) is 10.4 Å². The molecular weight excluding hydrogens is 344 g/mol. The Balaban J connectivity index is 1.71. The van der Waals surface area contributed by atoms with Crippen LogP contribution in [0.1, 0.15) is 35.2 Å². The molecule has 6 heteroatoms. The lowest BCUT2D eigenvalue weighted by molar-refractivity contribution is 0.0514. The van der Waals surface area contributed by atoms with E-state index in [1.807, 2.05) is 6.20 Å². The maximum absolute atomic E-state index is 5.63. The summed E-state index contributed by atoms with van der Waals surface area (Å²) in [7, 11) is 0. The number of hydrogen-bond acceptors (Lipinski definition) is 4. The van der Waals surface area contributed by atoms with E-state index in [-0.39, 0.29) is 5.41 Å². The van der Waals surface area contributed by atoms with Crippen LogP contribution in [-0.2, 0) is 16.7 Å². The van der Waals surface area contributed by atoms with Crippen LogP contribution < -0.4 is 10.6 Å². The summed E-state index contributed by atoms with van der Waals surface area (Å²) in [5.41, 5.74) is 1.47. The van der Waals surface area contributed by atoms with E-state index >= 15 is 0 Å². The first-order chi connectivity index (χ1) is 12.7. The normalized spacial score (nSPS) is 17.1. The molecule has 1 saturated heterocycles. The van der Waals surface area contributed by atoms with Crippen molar-refractivity contribution in [2.75, 3.05) is 26.3 Å². The molecule has 0 bridgehead atoms. The molecule has 2 aromatic rings. The van der Waals surface area contributed by atoms with Crippen LogP contribution in [0.2, 0.25) is 0 Å². The number of benzene rings is 1. The molecule has 0 spiro atoms. The van der Waals surface area contributed by atoms with Crippen molar-refractivity contribution in [1.82, 2.24) is 15.6 Å². The SMILES string of the molecule is CCNC(=NCc1ncc(C)s1)NCC1(c2ccccc2)CCOCC1. The Hall–Kier alpha value is -1.92. The Bertz CT molecular complexity index is 708. The number of aryl methyl sites for hydroxylation is 1. The van der Waals surface area contributed by atoms with E-state index in [0.29, 0.717) is 6.54 Å². The molecule has 26 heavy (non-hydrogen) atoms. The highest BCUT2D eigenvalue weighted by molar-refractivity contribution is 7.11. The van der Waals surface area contributed by atoms with Crippen LogP contribution >= 0.6 is 11.3 Å². The van der Waals surface area contributed by atoms with E-state index in [9.17, 15) is 0 Å². The molecule has 0 aliphatic carbocycles. The highest BCUT2D eigenvalue weighted by atomic mass is 32.1. The van der Waals surface area contributed by atoms with E-state index < -0.39 is 0 Å². The molecule has 2 N–H and O–H groups in total. The Morgan fingerprint density at radius 2 is 2.00 bits per heavy atom. The van der Waals surface area contributed by atoms with Gasteiger partial charge in [0.2, 0.25) is 0 Å². The van der Waals surface area contributed by atoms with Gasteiger partial charge in [0.1, 0.15) is 5.01 Å². The van der Waals surface area contributed by atoms with Crippen LogP contribution in [0.4, 0.5) is 0 Å². The maximum atomic E-state index is 5.63. The molecule has 1 aliphatic heterocycles. The minimum atomic E-state index is 0.0907. The van der Waals surface area contributed by atoms with Gasteiger partial charge in [0.15, 0.2) is 5.96 Å². The van der Waals surface area contributed by atoms with Crippen LogP contribution in [0.15, 0.2) is 41.5 Å². The zero-order valence-electron chi connectivity index (χ0n) is 15.6. The lowest BCUT2D eigenvalue weighted by Crippen LogP contribution is -2.48. The monoisotopic (exact) mass is 372 g/mol. The summed E-state index contributed by atoms with van der Waals surface area (Å²) >= 11 is 1.70. The van der Waals surface area contributed by atoms with Gasteiger partial charge >= 0.3 is 0 Å². The van der Waals surface area contributed by atoms with Crippen molar-refractivity contribution in [2.45, 2.75) is 38.6 Å².